The lowest BCUT2D eigenvalue weighted by Gasteiger charge is -2.18. The Balaban J connectivity index is 1.48. The van der Waals surface area contributed by atoms with E-state index in [1.165, 1.54) is 0 Å². The van der Waals surface area contributed by atoms with Crippen LogP contribution in [-0.4, -0.2) is 18.2 Å². The third kappa shape index (κ3) is 5.84. The fourth-order valence-corrected chi connectivity index (χ4v) is 3.12. The average molecular weight is 380 g/mol. The van der Waals surface area contributed by atoms with Gasteiger partial charge in [-0.2, -0.15) is 5.10 Å². The second-order valence-electron chi connectivity index (χ2n) is 7.19. The first-order valence-electron chi connectivity index (χ1n) is 9.94. The number of carbonyl (C=O) groups excluding carboxylic acids is 1. The minimum atomic E-state index is -0.176. The van der Waals surface area contributed by atoms with Crippen molar-refractivity contribution in [2.24, 2.45) is 11.0 Å². The Hall–Kier alpha value is -2.82. The smallest absolute Gasteiger partial charge is 0.271 e. The highest BCUT2D eigenvalue weighted by Crippen LogP contribution is 2.21. The molecule has 0 aliphatic heterocycles. The Morgan fingerprint density at radius 2 is 1.61 bits per heavy atom. The first kappa shape index (κ1) is 19.9. The molecule has 1 amide bonds. The minimum absolute atomic E-state index is 0.176. The number of hydrogen-bond acceptors (Lipinski definition) is 4. The summed E-state index contributed by atoms with van der Waals surface area (Å²) in [5, 5.41) is 4.29. The number of ether oxygens (including phenoxy) is 2. The summed E-state index contributed by atoms with van der Waals surface area (Å²) in [6.07, 6.45) is 4.25. The molecule has 148 valence electrons. The van der Waals surface area contributed by atoms with Crippen LogP contribution >= 0.6 is 0 Å². The van der Waals surface area contributed by atoms with Crippen LogP contribution in [0.4, 0.5) is 0 Å². The zero-order valence-electron chi connectivity index (χ0n) is 16.6. The summed E-state index contributed by atoms with van der Waals surface area (Å²) >= 11 is 0. The van der Waals surface area contributed by atoms with Gasteiger partial charge in [-0.05, 0) is 80.5 Å². The van der Waals surface area contributed by atoms with Gasteiger partial charge in [0.05, 0.1) is 6.61 Å². The number of nitrogens with one attached hydrogen (secondary N) is 1. The zero-order chi connectivity index (χ0) is 19.8. The van der Waals surface area contributed by atoms with Crippen molar-refractivity contribution in [3.8, 4) is 11.5 Å². The van der Waals surface area contributed by atoms with E-state index in [1.807, 2.05) is 43.3 Å². The van der Waals surface area contributed by atoms with Gasteiger partial charge >= 0.3 is 0 Å². The Bertz CT molecular complexity index is 788. The van der Waals surface area contributed by atoms with Crippen molar-refractivity contribution in [1.29, 1.82) is 0 Å². The number of carbonyl (C=O) groups is 1. The minimum Gasteiger partial charge on any atom is -0.494 e. The second-order valence-corrected chi connectivity index (χ2v) is 7.19. The molecule has 1 saturated carbocycles. The van der Waals surface area contributed by atoms with Crippen LogP contribution in [-0.2, 0) is 6.61 Å². The van der Waals surface area contributed by atoms with Gasteiger partial charge in [-0.1, -0.05) is 19.1 Å². The third-order valence-electron chi connectivity index (χ3n) is 4.92. The number of rotatable bonds is 7. The van der Waals surface area contributed by atoms with Crippen LogP contribution in [0.1, 0.15) is 55.5 Å². The van der Waals surface area contributed by atoms with Crippen molar-refractivity contribution < 1.29 is 14.3 Å². The molecule has 1 aliphatic rings. The molecule has 0 aromatic heterocycles. The van der Waals surface area contributed by atoms with E-state index in [1.54, 1.807) is 12.1 Å². The van der Waals surface area contributed by atoms with Gasteiger partial charge in [0, 0.05) is 11.3 Å². The van der Waals surface area contributed by atoms with Crippen molar-refractivity contribution in [2.75, 3.05) is 6.61 Å². The monoisotopic (exact) mass is 380 g/mol. The van der Waals surface area contributed by atoms with E-state index in [9.17, 15) is 4.79 Å². The van der Waals surface area contributed by atoms with Gasteiger partial charge in [0.2, 0.25) is 0 Å². The van der Waals surface area contributed by atoms with Crippen LogP contribution in [0.25, 0.3) is 0 Å². The quantitative estimate of drug-likeness (QED) is 0.691. The van der Waals surface area contributed by atoms with Gasteiger partial charge in [0.15, 0.2) is 0 Å². The fraction of sp³-hybridized carbons (Fsp3) is 0.391. The molecule has 5 heteroatoms. The molecule has 0 saturated heterocycles. The number of amides is 1. The molecule has 1 N–H and O–H groups in total. The van der Waals surface area contributed by atoms with Crippen LogP contribution in [0.2, 0.25) is 0 Å². The van der Waals surface area contributed by atoms with E-state index in [-0.39, 0.29) is 5.91 Å². The topological polar surface area (TPSA) is 59.9 Å². The molecule has 0 bridgehead atoms. The lowest BCUT2D eigenvalue weighted by Crippen LogP contribution is -2.21. The summed E-state index contributed by atoms with van der Waals surface area (Å²) in [6, 6.07) is 15.0. The first-order chi connectivity index (χ1) is 13.6. The molecular formula is C23H28N2O3. The van der Waals surface area contributed by atoms with Gasteiger partial charge in [-0.15, -0.1) is 0 Å². The van der Waals surface area contributed by atoms with Gasteiger partial charge in [0.1, 0.15) is 18.1 Å². The lowest BCUT2D eigenvalue weighted by molar-refractivity contribution is 0.0954. The molecule has 0 atom stereocenters. The van der Waals surface area contributed by atoms with Crippen molar-refractivity contribution in [2.45, 2.75) is 46.1 Å². The Kier molecular flexibility index (Phi) is 7.06. The van der Waals surface area contributed by atoms with Crippen LogP contribution < -0.4 is 14.9 Å². The van der Waals surface area contributed by atoms with E-state index < -0.39 is 0 Å². The number of hydrazone groups is 1. The van der Waals surface area contributed by atoms with E-state index >= 15 is 0 Å². The normalized spacial score (nSPS) is 16.4. The maximum absolute atomic E-state index is 12.3. The molecule has 3 rings (SSSR count). The summed E-state index contributed by atoms with van der Waals surface area (Å²) in [7, 11) is 0. The summed E-state index contributed by atoms with van der Waals surface area (Å²) in [5.74, 6) is 2.19. The molecule has 5 nitrogen and oxygen atoms in total. The fourth-order valence-electron chi connectivity index (χ4n) is 3.12. The average Bonchev–Trinajstić information content (AvgIpc) is 2.73. The highest BCUT2D eigenvalue weighted by molar-refractivity contribution is 5.95. The van der Waals surface area contributed by atoms with E-state index in [2.05, 4.69) is 17.5 Å². The summed E-state index contributed by atoms with van der Waals surface area (Å²) in [4.78, 5) is 12.3. The van der Waals surface area contributed by atoms with E-state index in [4.69, 9.17) is 9.47 Å². The van der Waals surface area contributed by atoms with Crippen molar-refractivity contribution in [3.05, 3.63) is 59.7 Å². The molecule has 28 heavy (non-hydrogen) atoms. The number of nitrogens with zero attached hydrogens (tertiary/aromatic N) is 1. The molecule has 0 spiro atoms. The third-order valence-corrected chi connectivity index (χ3v) is 4.92. The standard InChI is InChI=1S/C23H28N2O3/c1-3-27-21-12-14-22(15-13-21)28-16-18-6-8-19(9-7-18)23(26)25-24-20-10-4-17(2)5-11-20/h6-9,12-15,17H,3-5,10-11,16H2,1-2H3,(H,25,26). The van der Waals surface area contributed by atoms with Crippen LogP contribution in [0, 0.1) is 5.92 Å². The Morgan fingerprint density at radius 1 is 1.00 bits per heavy atom. The van der Waals surface area contributed by atoms with E-state index in [0.717, 1.165) is 54.4 Å². The number of benzene rings is 2. The van der Waals surface area contributed by atoms with Gasteiger partial charge < -0.3 is 9.47 Å². The van der Waals surface area contributed by atoms with Crippen LogP contribution in [0.3, 0.4) is 0 Å². The second kappa shape index (κ2) is 9.93. The Morgan fingerprint density at radius 3 is 2.21 bits per heavy atom. The van der Waals surface area contributed by atoms with E-state index in [0.29, 0.717) is 18.8 Å². The van der Waals surface area contributed by atoms with Crippen LogP contribution in [0.15, 0.2) is 53.6 Å². The molecular weight excluding hydrogens is 352 g/mol. The molecule has 2 aromatic carbocycles. The maximum Gasteiger partial charge on any atom is 0.271 e. The number of hydrogen-bond donors (Lipinski definition) is 1. The van der Waals surface area contributed by atoms with Crippen molar-refractivity contribution in [1.82, 2.24) is 5.43 Å². The summed E-state index contributed by atoms with van der Waals surface area (Å²) in [6.45, 7) is 5.30. The van der Waals surface area contributed by atoms with Gasteiger partial charge in [-0.3, -0.25) is 4.79 Å². The first-order valence-corrected chi connectivity index (χ1v) is 9.94. The zero-order valence-corrected chi connectivity index (χ0v) is 16.6. The summed E-state index contributed by atoms with van der Waals surface area (Å²) < 4.78 is 11.2. The summed E-state index contributed by atoms with van der Waals surface area (Å²) in [5.41, 5.74) is 5.37. The lowest BCUT2D eigenvalue weighted by atomic mass is 9.90. The van der Waals surface area contributed by atoms with Gasteiger partial charge in [-0.25, -0.2) is 5.43 Å². The van der Waals surface area contributed by atoms with Crippen molar-refractivity contribution >= 4 is 11.6 Å². The van der Waals surface area contributed by atoms with Crippen LogP contribution in [0.5, 0.6) is 11.5 Å². The molecule has 0 unspecified atom stereocenters. The highest BCUT2D eigenvalue weighted by Gasteiger charge is 2.14. The Labute approximate surface area is 166 Å². The maximum atomic E-state index is 12.3. The van der Waals surface area contributed by atoms with Crippen molar-refractivity contribution in [3.63, 3.8) is 0 Å². The van der Waals surface area contributed by atoms with Gasteiger partial charge in [0.25, 0.3) is 5.91 Å². The predicted octanol–water partition coefficient (Wildman–Crippen LogP) is 4.96. The highest BCUT2D eigenvalue weighted by atomic mass is 16.5. The predicted molar refractivity (Wildman–Crippen MR) is 111 cm³/mol. The largest absolute Gasteiger partial charge is 0.494 e. The molecule has 1 fully saturated rings. The molecule has 2 aromatic rings. The molecule has 1 aliphatic carbocycles. The molecule has 0 radical (unpaired) electrons. The SMILES string of the molecule is CCOc1ccc(OCc2ccc(C(=O)NN=C3CCC(C)CC3)cc2)cc1. The molecule has 0 heterocycles.